The number of carbonyl (C=O) groups excluding carboxylic acids is 1. The van der Waals surface area contributed by atoms with Crippen LogP contribution in [0.4, 0.5) is 13.2 Å². The van der Waals surface area contributed by atoms with E-state index in [0.717, 1.165) is 25.0 Å². The third-order valence-corrected chi connectivity index (χ3v) is 5.35. The Kier molecular flexibility index (Phi) is 6.25. The van der Waals surface area contributed by atoms with Gasteiger partial charge in [0.1, 0.15) is 6.04 Å². The fourth-order valence-electron chi connectivity index (χ4n) is 3.78. The van der Waals surface area contributed by atoms with Gasteiger partial charge in [-0.25, -0.2) is 0 Å². The number of halogens is 3. The molecular weight excluding hydrogens is 439 g/mol. The number of hydrogen-bond donors (Lipinski definition) is 0. The van der Waals surface area contributed by atoms with Crippen molar-refractivity contribution < 1.29 is 22.5 Å². The van der Waals surface area contributed by atoms with Crippen LogP contribution in [0.2, 0.25) is 0 Å². The third kappa shape index (κ3) is 5.26. The number of amides is 1. The van der Waals surface area contributed by atoms with Crippen molar-refractivity contribution >= 4 is 12.0 Å². The SMILES string of the molecule is Cc1noc([C@H]2CCCCN2C(=O)C=Cc2ccc(C(F)(F)F)cc2Cn2nnc(C)n2)n1. The molecule has 1 aliphatic heterocycles. The molecule has 174 valence electrons. The van der Waals surface area contributed by atoms with E-state index in [0.29, 0.717) is 41.6 Å². The van der Waals surface area contributed by atoms with Crippen molar-refractivity contribution in [3.8, 4) is 0 Å². The summed E-state index contributed by atoms with van der Waals surface area (Å²) in [6, 6.07) is 3.03. The smallest absolute Gasteiger partial charge is 0.337 e. The van der Waals surface area contributed by atoms with Crippen molar-refractivity contribution in [1.82, 2.24) is 35.2 Å². The van der Waals surface area contributed by atoms with E-state index in [9.17, 15) is 18.0 Å². The van der Waals surface area contributed by atoms with Crippen molar-refractivity contribution in [3.05, 3.63) is 58.5 Å². The van der Waals surface area contributed by atoms with Gasteiger partial charge in [0.15, 0.2) is 11.6 Å². The van der Waals surface area contributed by atoms with Gasteiger partial charge in [-0.1, -0.05) is 11.2 Å². The molecule has 12 heteroatoms. The quantitative estimate of drug-likeness (QED) is 0.536. The summed E-state index contributed by atoms with van der Waals surface area (Å²) in [6.45, 7) is 3.85. The van der Waals surface area contributed by atoms with Crippen LogP contribution in [-0.4, -0.2) is 47.7 Å². The monoisotopic (exact) mass is 461 g/mol. The highest BCUT2D eigenvalue weighted by Crippen LogP contribution is 2.32. The van der Waals surface area contributed by atoms with Crippen molar-refractivity contribution in [3.63, 3.8) is 0 Å². The molecule has 3 heterocycles. The van der Waals surface area contributed by atoms with E-state index < -0.39 is 11.7 Å². The number of benzene rings is 1. The number of aromatic nitrogens is 6. The Morgan fingerprint density at radius 2 is 2.06 bits per heavy atom. The first kappa shape index (κ1) is 22.6. The molecule has 0 N–H and O–H groups in total. The maximum absolute atomic E-state index is 13.3. The molecule has 4 rings (SSSR count). The highest BCUT2D eigenvalue weighted by Gasteiger charge is 2.32. The highest BCUT2D eigenvalue weighted by atomic mass is 19.4. The second-order valence-corrected chi connectivity index (χ2v) is 7.83. The minimum absolute atomic E-state index is 0.0216. The molecule has 0 radical (unpaired) electrons. The number of hydrogen-bond acceptors (Lipinski definition) is 7. The molecule has 0 saturated carbocycles. The molecule has 0 spiro atoms. The molecule has 1 amide bonds. The standard InChI is InChI=1S/C21H22F3N7O2/c1-13-25-20(33-28-13)18-5-3-4-10-30(18)19(32)9-7-15-6-8-17(21(22,23)24)11-16(15)12-31-27-14(2)26-29-31/h6-9,11,18H,3-5,10,12H2,1-2H3/t18-/m1/s1. The first-order valence-corrected chi connectivity index (χ1v) is 10.4. The second-order valence-electron chi connectivity index (χ2n) is 7.83. The third-order valence-electron chi connectivity index (χ3n) is 5.35. The number of nitrogens with zero attached hydrogens (tertiary/aromatic N) is 7. The van der Waals surface area contributed by atoms with Crippen LogP contribution >= 0.6 is 0 Å². The number of piperidine rings is 1. The van der Waals surface area contributed by atoms with Gasteiger partial charge < -0.3 is 9.42 Å². The lowest BCUT2D eigenvalue weighted by molar-refractivity contribution is -0.137. The zero-order chi connectivity index (χ0) is 23.6. The maximum Gasteiger partial charge on any atom is 0.416 e. The van der Waals surface area contributed by atoms with Crippen molar-refractivity contribution in [2.24, 2.45) is 0 Å². The Morgan fingerprint density at radius 1 is 1.24 bits per heavy atom. The van der Waals surface area contributed by atoms with Crippen LogP contribution in [0.25, 0.3) is 6.08 Å². The largest absolute Gasteiger partial charge is 0.416 e. The molecule has 1 atom stereocenters. The first-order valence-electron chi connectivity index (χ1n) is 10.4. The number of alkyl halides is 3. The van der Waals surface area contributed by atoms with Crippen LogP contribution in [0.15, 0.2) is 28.8 Å². The van der Waals surface area contributed by atoms with Crippen molar-refractivity contribution in [2.75, 3.05) is 6.54 Å². The number of rotatable bonds is 5. The van der Waals surface area contributed by atoms with Gasteiger partial charge in [-0.2, -0.15) is 23.0 Å². The minimum atomic E-state index is -4.50. The average Bonchev–Trinajstić information content (AvgIpc) is 3.39. The van der Waals surface area contributed by atoms with Crippen molar-refractivity contribution in [2.45, 2.75) is 51.9 Å². The van der Waals surface area contributed by atoms with Gasteiger partial charge in [0, 0.05) is 12.6 Å². The molecule has 2 aromatic heterocycles. The van der Waals surface area contributed by atoms with E-state index in [2.05, 4.69) is 25.6 Å². The van der Waals surface area contributed by atoms with Crippen LogP contribution in [0.3, 0.4) is 0 Å². The van der Waals surface area contributed by atoms with Crippen molar-refractivity contribution in [1.29, 1.82) is 0 Å². The van der Waals surface area contributed by atoms with Gasteiger partial charge in [-0.05, 0) is 67.7 Å². The van der Waals surface area contributed by atoms with Crippen LogP contribution < -0.4 is 0 Å². The summed E-state index contributed by atoms with van der Waals surface area (Å²) in [5.74, 6) is 0.999. The second kappa shape index (κ2) is 9.12. The van der Waals surface area contributed by atoms with Gasteiger partial charge in [-0.3, -0.25) is 4.79 Å². The Morgan fingerprint density at radius 3 is 2.73 bits per heavy atom. The zero-order valence-corrected chi connectivity index (χ0v) is 18.1. The van der Waals surface area contributed by atoms with Gasteiger partial charge >= 0.3 is 6.18 Å². The Hall–Kier alpha value is -3.57. The van der Waals surface area contributed by atoms with Crippen LogP contribution in [0, 0.1) is 13.8 Å². The molecule has 0 unspecified atom stereocenters. The Labute approximate surface area is 187 Å². The summed E-state index contributed by atoms with van der Waals surface area (Å²) >= 11 is 0. The normalized spacial score (nSPS) is 17.1. The lowest BCUT2D eigenvalue weighted by Gasteiger charge is -2.32. The van der Waals surface area contributed by atoms with E-state index >= 15 is 0 Å². The molecule has 1 fully saturated rings. The van der Waals surface area contributed by atoms with E-state index in [4.69, 9.17) is 4.52 Å². The predicted octanol–water partition coefficient (Wildman–Crippen LogP) is 3.51. The summed E-state index contributed by atoms with van der Waals surface area (Å²) < 4.78 is 45.0. The molecular formula is C21H22F3N7O2. The molecule has 1 aliphatic rings. The minimum Gasteiger partial charge on any atom is -0.337 e. The molecule has 1 aromatic carbocycles. The summed E-state index contributed by atoms with van der Waals surface area (Å²) in [6.07, 6.45) is 0.824. The average molecular weight is 461 g/mol. The fourth-order valence-corrected chi connectivity index (χ4v) is 3.78. The molecule has 1 saturated heterocycles. The van der Waals surface area contributed by atoms with Gasteiger partial charge in [0.25, 0.3) is 0 Å². The number of tetrazole rings is 1. The maximum atomic E-state index is 13.3. The Bertz CT molecular complexity index is 1170. The number of likely N-dealkylation sites (tertiary alicyclic amines) is 1. The fraction of sp³-hybridized carbons (Fsp3) is 0.429. The van der Waals surface area contributed by atoms with Gasteiger partial charge in [0.2, 0.25) is 11.8 Å². The molecule has 33 heavy (non-hydrogen) atoms. The summed E-state index contributed by atoms with van der Waals surface area (Å²) in [5.41, 5.74) is -0.0248. The highest BCUT2D eigenvalue weighted by molar-refractivity contribution is 5.92. The topological polar surface area (TPSA) is 103 Å². The predicted molar refractivity (Wildman–Crippen MR) is 109 cm³/mol. The summed E-state index contributed by atoms with van der Waals surface area (Å²) in [7, 11) is 0. The van der Waals surface area contributed by atoms with Gasteiger partial charge in [0.05, 0.1) is 12.1 Å². The molecule has 3 aromatic rings. The van der Waals surface area contributed by atoms with E-state index in [-0.39, 0.29) is 18.5 Å². The van der Waals surface area contributed by atoms with Crippen LogP contribution in [-0.2, 0) is 17.5 Å². The van der Waals surface area contributed by atoms with E-state index in [1.165, 1.54) is 23.0 Å². The van der Waals surface area contributed by atoms with Crippen LogP contribution in [0.1, 0.15) is 59.5 Å². The summed E-state index contributed by atoms with van der Waals surface area (Å²) in [4.78, 5) is 20.1. The number of carbonyl (C=O) groups is 1. The number of aryl methyl sites for hydroxylation is 2. The molecule has 9 nitrogen and oxygen atoms in total. The van der Waals surface area contributed by atoms with Crippen LogP contribution in [0.5, 0.6) is 0 Å². The molecule has 0 bridgehead atoms. The Balaban J connectivity index is 1.59. The van der Waals surface area contributed by atoms with E-state index in [1.54, 1.807) is 18.7 Å². The van der Waals surface area contributed by atoms with Gasteiger partial charge in [-0.15, -0.1) is 10.2 Å². The lowest BCUT2D eigenvalue weighted by atomic mass is 10.0. The first-order chi connectivity index (χ1) is 15.7. The summed E-state index contributed by atoms with van der Waals surface area (Å²) in [5, 5.41) is 15.4. The zero-order valence-electron chi connectivity index (χ0n) is 18.1. The van der Waals surface area contributed by atoms with E-state index in [1.807, 2.05) is 0 Å². The lowest BCUT2D eigenvalue weighted by Crippen LogP contribution is -2.37. The molecule has 0 aliphatic carbocycles.